The summed E-state index contributed by atoms with van der Waals surface area (Å²) >= 11 is 1.71. The van der Waals surface area contributed by atoms with Crippen molar-refractivity contribution in [1.29, 1.82) is 0 Å². The van der Waals surface area contributed by atoms with Crippen LogP contribution in [0.1, 0.15) is 31.1 Å². The van der Waals surface area contributed by atoms with E-state index in [0.717, 1.165) is 13.1 Å². The maximum atomic E-state index is 4.07. The van der Waals surface area contributed by atoms with Gasteiger partial charge in [-0.05, 0) is 26.3 Å². The molecule has 1 aromatic rings. The van der Waals surface area contributed by atoms with Crippen LogP contribution in [0, 0.1) is 0 Å². The van der Waals surface area contributed by atoms with Crippen LogP contribution in [-0.4, -0.2) is 23.6 Å². The molecule has 1 aliphatic rings. The first-order valence-corrected chi connectivity index (χ1v) is 6.50. The summed E-state index contributed by atoms with van der Waals surface area (Å²) < 4.78 is 0. The number of piperidine rings is 1. The van der Waals surface area contributed by atoms with Gasteiger partial charge in [-0.3, -0.25) is 4.98 Å². The summed E-state index contributed by atoms with van der Waals surface area (Å²) in [4.78, 5) is 5.38. The average Bonchev–Trinajstić information content (AvgIpc) is 2.71. The highest BCUT2D eigenvalue weighted by Gasteiger charge is 2.25. The Morgan fingerprint density at radius 3 is 3.20 bits per heavy atom. The van der Waals surface area contributed by atoms with Gasteiger partial charge in [-0.15, -0.1) is 11.3 Å². The van der Waals surface area contributed by atoms with Crippen LogP contribution in [0.3, 0.4) is 0 Å². The standard InChI is InChI=1S/C11H19N3S/c1-11(4-2-3-5-14-11)8-12-6-10-7-13-9-15-10/h7,9,12,14H,2-6,8H2,1H3. The molecule has 84 valence electrons. The van der Waals surface area contributed by atoms with Crippen LogP contribution in [0.25, 0.3) is 0 Å². The van der Waals surface area contributed by atoms with Gasteiger partial charge in [0.15, 0.2) is 0 Å². The molecule has 0 radical (unpaired) electrons. The lowest BCUT2D eigenvalue weighted by atomic mass is 9.91. The molecule has 0 saturated carbocycles. The smallest absolute Gasteiger partial charge is 0.0794 e. The summed E-state index contributed by atoms with van der Waals surface area (Å²) in [6.45, 7) is 5.47. The van der Waals surface area contributed by atoms with E-state index in [1.165, 1.54) is 30.7 Å². The maximum Gasteiger partial charge on any atom is 0.0794 e. The molecule has 3 nitrogen and oxygen atoms in total. The molecule has 0 bridgehead atoms. The fourth-order valence-electron chi connectivity index (χ4n) is 2.06. The van der Waals surface area contributed by atoms with Crippen LogP contribution in [0.2, 0.25) is 0 Å². The molecule has 0 spiro atoms. The second-order valence-corrected chi connectivity index (χ2v) is 5.49. The zero-order valence-electron chi connectivity index (χ0n) is 9.25. The molecule has 1 unspecified atom stereocenters. The van der Waals surface area contributed by atoms with Crippen LogP contribution < -0.4 is 10.6 Å². The average molecular weight is 225 g/mol. The van der Waals surface area contributed by atoms with E-state index >= 15 is 0 Å². The number of rotatable bonds is 4. The molecule has 1 aliphatic heterocycles. The molecular formula is C11H19N3S. The summed E-state index contributed by atoms with van der Waals surface area (Å²) in [7, 11) is 0. The Hall–Kier alpha value is -0.450. The number of nitrogens with zero attached hydrogens (tertiary/aromatic N) is 1. The van der Waals surface area contributed by atoms with Crippen molar-refractivity contribution < 1.29 is 0 Å². The Kier molecular flexibility index (Phi) is 3.72. The van der Waals surface area contributed by atoms with Crippen molar-refractivity contribution >= 4 is 11.3 Å². The lowest BCUT2D eigenvalue weighted by molar-refractivity contribution is 0.267. The third kappa shape index (κ3) is 3.26. The summed E-state index contributed by atoms with van der Waals surface area (Å²) in [5.41, 5.74) is 2.18. The van der Waals surface area contributed by atoms with Crippen LogP contribution in [0.4, 0.5) is 0 Å². The summed E-state index contributed by atoms with van der Waals surface area (Å²) in [6, 6.07) is 0. The molecule has 2 rings (SSSR count). The first-order chi connectivity index (χ1) is 7.29. The van der Waals surface area contributed by atoms with Gasteiger partial charge in [0, 0.05) is 29.7 Å². The minimum Gasteiger partial charge on any atom is -0.310 e. The maximum absolute atomic E-state index is 4.07. The van der Waals surface area contributed by atoms with Gasteiger partial charge in [-0.1, -0.05) is 6.42 Å². The number of aromatic nitrogens is 1. The predicted octanol–water partition coefficient (Wildman–Crippen LogP) is 1.76. The van der Waals surface area contributed by atoms with Gasteiger partial charge in [0.1, 0.15) is 0 Å². The molecule has 1 aromatic heterocycles. The molecule has 2 heterocycles. The third-order valence-corrected chi connectivity index (χ3v) is 3.78. The van der Waals surface area contributed by atoms with Gasteiger partial charge in [-0.2, -0.15) is 0 Å². The molecule has 0 amide bonds. The van der Waals surface area contributed by atoms with Crippen molar-refractivity contribution in [3.8, 4) is 0 Å². The van der Waals surface area contributed by atoms with Crippen molar-refractivity contribution in [1.82, 2.24) is 15.6 Å². The van der Waals surface area contributed by atoms with Crippen LogP contribution in [-0.2, 0) is 6.54 Å². The Balaban J connectivity index is 1.72. The monoisotopic (exact) mass is 225 g/mol. The van der Waals surface area contributed by atoms with Crippen molar-refractivity contribution in [2.24, 2.45) is 0 Å². The quantitative estimate of drug-likeness (QED) is 0.820. The largest absolute Gasteiger partial charge is 0.310 e. The number of hydrogen-bond donors (Lipinski definition) is 2. The Morgan fingerprint density at radius 2 is 2.53 bits per heavy atom. The molecular weight excluding hydrogens is 206 g/mol. The van der Waals surface area contributed by atoms with E-state index in [2.05, 4.69) is 22.5 Å². The van der Waals surface area contributed by atoms with E-state index in [9.17, 15) is 0 Å². The lowest BCUT2D eigenvalue weighted by Crippen LogP contribution is -2.52. The third-order valence-electron chi connectivity index (χ3n) is 3.00. The minimum absolute atomic E-state index is 0.295. The Labute approximate surface area is 95.3 Å². The molecule has 1 saturated heterocycles. The first-order valence-electron chi connectivity index (χ1n) is 5.62. The number of nitrogens with one attached hydrogen (secondary N) is 2. The van der Waals surface area contributed by atoms with Gasteiger partial charge >= 0.3 is 0 Å². The van der Waals surface area contributed by atoms with E-state index in [1.807, 2.05) is 11.7 Å². The van der Waals surface area contributed by atoms with Crippen LogP contribution >= 0.6 is 11.3 Å². The highest BCUT2D eigenvalue weighted by molar-refractivity contribution is 7.09. The second-order valence-electron chi connectivity index (χ2n) is 4.52. The summed E-state index contributed by atoms with van der Waals surface area (Å²) in [6.07, 6.45) is 5.90. The van der Waals surface area contributed by atoms with Crippen LogP contribution in [0.5, 0.6) is 0 Å². The van der Waals surface area contributed by atoms with Crippen molar-refractivity contribution in [3.63, 3.8) is 0 Å². The fraction of sp³-hybridized carbons (Fsp3) is 0.727. The van der Waals surface area contributed by atoms with Gasteiger partial charge in [0.2, 0.25) is 0 Å². The van der Waals surface area contributed by atoms with E-state index in [-0.39, 0.29) is 0 Å². The van der Waals surface area contributed by atoms with E-state index in [0.29, 0.717) is 5.54 Å². The Morgan fingerprint density at radius 1 is 1.60 bits per heavy atom. The topological polar surface area (TPSA) is 37.0 Å². The molecule has 4 heteroatoms. The first kappa shape index (κ1) is 11.0. The highest BCUT2D eigenvalue weighted by atomic mass is 32.1. The fourth-order valence-corrected chi connectivity index (χ4v) is 2.62. The molecule has 0 aromatic carbocycles. The number of hydrogen-bond acceptors (Lipinski definition) is 4. The van der Waals surface area contributed by atoms with Crippen LogP contribution in [0.15, 0.2) is 11.7 Å². The summed E-state index contributed by atoms with van der Waals surface area (Å²) in [5.74, 6) is 0. The van der Waals surface area contributed by atoms with Gasteiger partial charge in [0.05, 0.1) is 5.51 Å². The number of thiazole rings is 1. The zero-order chi connectivity index (χ0) is 10.6. The molecule has 1 atom stereocenters. The lowest BCUT2D eigenvalue weighted by Gasteiger charge is -2.35. The molecule has 15 heavy (non-hydrogen) atoms. The second kappa shape index (κ2) is 5.05. The minimum atomic E-state index is 0.295. The molecule has 1 fully saturated rings. The van der Waals surface area contributed by atoms with Gasteiger partial charge in [-0.25, -0.2) is 0 Å². The Bertz CT molecular complexity index is 278. The predicted molar refractivity (Wildman–Crippen MR) is 64.1 cm³/mol. The van der Waals surface area contributed by atoms with E-state index in [1.54, 1.807) is 11.3 Å². The van der Waals surface area contributed by atoms with Crippen molar-refractivity contribution in [3.05, 3.63) is 16.6 Å². The van der Waals surface area contributed by atoms with Crippen molar-refractivity contribution in [2.45, 2.75) is 38.3 Å². The SMILES string of the molecule is CC1(CNCc2cncs2)CCCCN1. The molecule has 0 aliphatic carbocycles. The highest BCUT2D eigenvalue weighted by Crippen LogP contribution is 2.17. The summed E-state index contributed by atoms with van der Waals surface area (Å²) in [5, 5.41) is 7.11. The normalized spacial score (nSPS) is 26.7. The zero-order valence-corrected chi connectivity index (χ0v) is 10.1. The van der Waals surface area contributed by atoms with E-state index < -0.39 is 0 Å². The van der Waals surface area contributed by atoms with Crippen molar-refractivity contribution in [2.75, 3.05) is 13.1 Å². The van der Waals surface area contributed by atoms with Gasteiger partial charge < -0.3 is 10.6 Å². The van der Waals surface area contributed by atoms with E-state index in [4.69, 9.17) is 0 Å². The van der Waals surface area contributed by atoms with Gasteiger partial charge in [0.25, 0.3) is 0 Å². The molecule has 2 N–H and O–H groups in total.